The first-order chi connectivity index (χ1) is 14.2. The van der Waals surface area contributed by atoms with E-state index < -0.39 is 24.0 Å². The quantitative estimate of drug-likeness (QED) is 0.774. The fraction of sp³-hybridized carbons (Fsp3) is 0.333. The van der Waals surface area contributed by atoms with E-state index in [1.54, 1.807) is 24.3 Å². The summed E-state index contributed by atoms with van der Waals surface area (Å²) in [4.78, 5) is 26.4. The van der Waals surface area contributed by atoms with E-state index in [2.05, 4.69) is 5.32 Å². The molecule has 0 saturated carbocycles. The van der Waals surface area contributed by atoms with Crippen molar-refractivity contribution in [2.75, 3.05) is 25.7 Å². The van der Waals surface area contributed by atoms with Crippen LogP contribution in [-0.4, -0.2) is 38.8 Å². The average Bonchev–Trinajstić information content (AvgIpc) is 3.12. The van der Waals surface area contributed by atoms with Crippen LogP contribution in [0, 0.1) is 5.92 Å². The molecule has 2 atom stereocenters. The fourth-order valence-corrected chi connectivity index (χ4v) is 3.39. The van der Waals surface area contributed by atoms with Crippen molar-refractivity contribution in [1.29, 1.82) is 0 Å². The van der Waals surface area contributed by atoms with Gasteiger partial charge >= 0.3 is 6.18 Å². The summed E-state index contributed by atoms with van der Waals surface area (Å²) in [7, 11) is 2.92. The van der Waals surface area contributed by atoms with Gasteiger partial charge in [-0.1, -0.05) is 30.3 Å². The molecule has 0 aliphatic carbocycles. The summed E-state index contributed by atoms with van der Waals surface area (Å²) in [5.74, 6) is -1.21. The standard InChI is InChI=1S/C21H21F3N2O4/c1-29-16-9-8-15(11-17(16)30-2)26-12-14(10-18(26)27)20(28)25-19(21(22,23)24)13-6-4-3-5-7-13/h3-9,11,14,19H,10,12H2,1-2H3,(H,25,28). The van der Waals surface area contributed by atoms with E-state index in [4.69, 9.17) is 9.47 Å². The molecule has 2 unspecified atom stereocenters. The second-order valence-electron chi connectivity index (χ2n) is 6.84. The van der Waals surface area contributed by atoms with Crippen LogP contribution in [0.4, 0.5) is 18.9 Å². The Labute approximate surface area is 171 Å². The van der Waals surface area contributed by atoms with E-state index in [0.717, 1.165) is 0 Å². The number of ether oxygens (including phenoxy) is 2. The normalized spacial score (nSPS) is 17.6. The number of carbonyl (C=O) groups excluding carboxylic acids is 2. The summed E-state index contributed by atoms with van der Waals surface area (Å²) < 4.78 is 50.9. The maximum Gasteiger partial charge on any atom is 0.412 e. The number of methoxy groups -OCH3 is 2. The van der Waals surface area contributed by atoms with Gasteiger partial charge in [0, 0.05) is 24.7 Å². The Hall–Kier alpha value is -3.23. The van der Waals surface area contributed by atoms with Gasteiger partial charge in [-0.15, -0.1) is 0 Å². The van der Waals surface area contributed by atoms with Gasteiger partial charge in [0.15, 0.2) is 17.5 Å². The zero-order chi connectivity index (χ0) is 21.9. The highest BCUT2D eigenvalue weighted by Gasteiger charge is 2.44. The van der Waals surface area contributed by atoms with Crippen LogP contribution in [0.2, 0.25) is 0 Å². The molecule has 2 aromatic rings. The first-order valence-corrected chi connectivity index (χ1v) is 9.19. The molecule has 1 fully saturated rings. The Bertz CT molecular complexity index is 918. The van der Waals surface area contributed by atoms with E-state index in [-0.39, 0.29) is 24.4 Å². The lowest BCUT2D eigenvalue weighted by atomic mass is 10.0. The molecule has 1 heterocycles. The summed E-state index contributed by atoms with van der Waals surface area (Å²) in [6.07, 6.45) is -4.85. The van der Waals surface area contributed by atoms with Crippen LogP contribution >= 0.6 is 0 Å². The van der Waals surface area contributed by atoms with Crippen molar-refractivity contribution in [2.45, 2.75) is 18.6 Å². The van der Waals surface area contributed by atoms with Gasteiger partial charge in [-0.25, -0.2) is 0 Å². The maximum atomic E-state index is 13.5. The molecular weight excluding hydrogens is 401 g/mol. The van der Waals surface area contributed by atoms with E-state index in [9.17, 15) is 22.8 Å². The molecule has 9 heteroatoms. The Kier molecular flexibility index (Phi) is 6.19. The number of benzene rings is 2. The summed E-state index contributed by atoms with van der Waals surface area (Å²) >= 11 is 0. The molecule has 1 aliphatic rings. The Morgan fingerprint density at radius 3 is 2.37 bits per heavy atom. The number of nitrogens with zero attached hydrogens (tertiary/aromatic N) is 1. The summed E-state index contributed by atoms with van der Waals surface area (Å²) in [6.45, 7) is -0.0283. The van der Waals surface area contributed by atoms with E-state index in [0.29, 0.717) is 17.2 Å². The predicted molar refractivity (Wildman–Crippen MR) is 103 cm³/mol. The molecule has 160 valence electrons. The highest BCUT2D eigenvalue weighted by Crippen LogP contribution is 2.36. The summed E-state index contributed by atoms with van der Waals surface area (Å²) in [5, 5.41) is 2.06. The minimum atomic E-state index is -4.66. The van der Waals surface area contributed by atoms with Crippen molar-refractivity contribution in [3.8, 4) is 11.5 Å². The highest BCUT2D eigenvalue weighted by atomic mass is 19.4. The number of rotatable bonds is 6. The van der Waals surface area contributed by atoms with Crippen LogP contribution in [-0.2, 0) is 9.59 Å². The Morgan fingerprint density at radius 1 is 1.10 bits per heavy atom. The lowest BCUT2D eigenvalue weighted by molar-refractivity contribution is -0.164. The minimum absolute atomic E-state index is 0.0283. The Morgan fingerprint density at radius 2 is 1.77 bits per heavy atom. The largest absolute Gasteiger partial charge is 0.493 e. The molecule has 0 aromatic heterocycles. The first kappa shape index (κ1) is 21.5. The number of hydrogen-bond acceptors (Lipinski definition) is 4. The smallest absolute Gasteiger partial charge is 0.412 e. The number of halogens is 3. The monoisotopic (exact) mass is 422 g/mol. The average molecular weight is 422 g/mol. The number of alkyl halides is 3. The summed E-state index contributed by atoms with van der Waals surface area (Å²) in [6, 6.07) is 9.82. The van der Waals surface area contributed by atoms with Crippen LogP contribution in [0.25, 0.3) is 0 Å². The molecule has 0 spiro atoms. The van der Waals surface area contributed by atoms with E-state index in [1.807, 2.05) is 0 Å². The van der Waals surface area contributed by atoms with Crippen LogP contribution in [0.5, 0.6) is 11.5 Å². The second kappa shape index (κ2) is 8.64. The zero-order valence-corrected chi connectivity index (χ0v) is 16.4. The maximum absolute atomic E-state index is 13.5. The van der Waals surface area contributed by atoms with Crippen LogP contribution in [0.15, 0.2) is 48.5 Å². The van der Waals surface area contributed by atoms with Crippen molar-refractivity contribution in [3.63, 3.8) is 0 Å². The molecule has 30 heavy (non-hydrogen) atoms. The molecule has 0 radical (unpaired) electrons. The topological polar surface area (TPSA) is 67.9 Å². The molecule has 6 nitrogen and oxygen atoms in total. The van der Waals surface area contributed by atoms with Gasteiger partial charge in [-0.05, 0) is 17.7 Å². The molecule has 0 bridgehead atoms. The third-order valence-corrected chi connectivity index (χ3v) is 4.92. The van der Waals surface area contributed by atoms with Crippen LogP contribution < -0.4 is 19.7 Å². The SMILES string of the molecule is COc1ccc(N2CC(C(=O)NC(c3ccccc3)C(F)(F)F)CC2=O)cc1OC. The molecule has 1 N–H and O–H groups in total. The van der Waals surface area contributed by atoms with Crippen LogP contribution in [0.1, 0.15) is 18.0 Å². The predicted octanol–water partition coefficient (Wildman–Crippen LogP) is 3.48. The van der Waals surface area contributed by atoms with Gasteiger partial charge in [0.05, 0.1) is 20.1 Å². The van der Waals surface area contributed by atoms with Crippen LogP contribution in [0.3, 0.4) is 0 Å². The van der Waals surface area contributed by atoms with Gasteiger partial charge in [-0.3, -0.25) is 9.59 Å². The molecule has 1 saturated heterocycles. The molecule has 2 amide bonds. The van der Waals surface area contributed by atoms with E-state index in [1.165, 1.54) is 43.4 Å². The number of nitrogens with one attached hydrogen (secondary N) is 1. The van der Waals surface area contributed by atoms with Gasteiger partial charge in [-0.2, -0.15) is 13.2 Å². The number of carbonyl (C=O) groups is 2. The van der Waals surface area contributed by atoms with Crippen molar-refractivity contribution in [2.24, 2.45) is 5.92 Å². The number of hydrogen-bond donors (Lipinski definition) is 1. The fourth-order valence-electron chi connectivity index (χ4n) is 3.39. The minimum Gasteiger partial charge on any atom is -0.493 e. The second-order valence-corrected chi connectivity index (χ2v) is 6.84. The van der Waals surface area contributed by atoms with Crippen molar-refractivity contribution >= 4 is 17.5 Å². The third kappa shape index (κ3) is 4.50. The summed E-state index contributed by atoms with van der Waals surface area (Å²) in [5.41, 5.74) is 0.405. The molecule has 2 aromatic carbocycles. The van der Waals surface area contributed by atoms with Crippen molar-refractivity contribution in [1.82, 2.24) is 5.32 Å². The van der Waals surface area contributed by atoms with Gasteiger partial charge < -0.3 is 19.7 Å². The molecular formula is C21H21F3N2O4. The zero-order valence-electron chi connectivity index (χ0n) is 16.4. The molecule has 3 rings (SSSR count). The first-order valence-electron chi connectivity index (χ1n) is 9.19. The van der Waals surface area contributed by atoms with Gasteiger partial charge in [0.2, 0.25) is 11.8 Å². The van der Waals surface area contributed by atoms with Gasteiger partial charge in [0.1, 0.15) is 0 Å². The van der Waals surface area contributed by atoms with Crippen molar-refractivity contribution < 1.29 is 32.2 Å². The van der Waals surface area contributed by atoms with Crippen molar-refractivity contribution in [3.05, 3.63) is 54.1 Å². The lowest BCUT2D eigenvalue weighted by Crippen LogP contribution is -2.41. The highest BCUT2D eigenvalue weighted by molar-refractivity contribution is 6.00. The lowest BCUT2D eigenvalue weighted by Gasteiger charge is -2.24. The van der Waals surface area contributed by atoms with E-state index >= 15 is 0 Å². The van der Waals surface area contributed by atoms with Gasteiger partial charge in [0.25, 0.3) is 0 Å². The third-order valence-electron chi connectivity index (χ3n) is 4.92. The number of amides is 2. The Balaban J connectivity index is 1.76. The molecule has 1 aliphatic heterocycles. The number of anilines is 1.